The van der Waals surface area contributed by atoms with Crippen molar-refractivity contribution in [2.45, 2.75) is 19.3 Å². The van der Waals surface area contributed by atoms with Crippen LogP contribution in [0.4, 0.5) is 9.59 Å². The van der Waals surface area contributed by atoms with E-state index in [1.54, 1.807) is 0 Å². The zero-order valence-electron chi connectivity index (χ0n) is 9.42. The largest absolute Gasteiger partial charge is 0.342 e. The van der Waals surface area contributed by atoms with Gasteiger partial charge in [0.15, 0.2) is 0 Å². The SMILES string of the molecule is O=C(Cl)NCC1CC2CC(CNC(=O)Cl)C1C2. The second-order valence-corrected chi connectivity index (χ2v) is 5.75. The molecule has 2 aliphatic carbocycles. The van der Waals surface area contributed by atoms with Crippen LogP contribution in [-0.4, -0.2) is 23.8 Å². The highest BCUT2D eigenvalue weighted by molar-refractivity contribution is 6.63. The first kappa shape index (κ1) is 13.0. The second-order valence-electron chi connectivity index (χ2n) is 5.07. The summed E-state index contributed by atoms with van der Waals surface area (Å²) in [5.41, 5.74) is 0. The van der Waals surface area contributed by atoms with Crippen LogP contribution < -0.4 is 10.6 Å². The Bertz CT molecular complexity index is 297. The Labute approximate surface area is 110 Å². The molecule has 2 fully saturated rings. The first-order chi connectivity index (χ1) is 8.06. The molecule has 0 spiro atoms. The van der Waals surface area contributed by atoms with Gasteiger partial charge in [-0.05, 0) is 66.1 Å². The molecule has 2 bridgehead atoms. The second kappa shape index (κ2) is 5.44. The zero-order valence-corrected chi connectivity index (χ0v) is 10.9. The van der Waals surface area contributed by atoms with Crippen molar-refractivity contribution in [3.8, 4) is 0 Å². The predicted molar refractivity (Wildman–Crippen MR) is 66.3 cm³/mol. The molecule has 2 atom stereocenters. The number of carbonyl (C=O) groups is 2. The molecule has 2 unspecified atom stereocenters. The zero-order chi connectivity index (χ0) is 12.4. The fourth-order valence-electron chi connectivity index (χ4n) is 3.54. The van der Waals surface area contributed by atoms with Gasteiger partial charge < -0.3 is 10.6 Å². The molecule has 6 heteroatoms. The fraction of sp³-hybridized carbons (Fsp3) is 0.818. The van der Waals surface area contributed by atoms with Crippen molar-refractivity contribution in [3.05, 3.63) is 0 Å². The molecule has 0 aromatic carbocycles. The number of hydrogen-bond donors (Lipinski definition) is 2. The van der Waals surface area contributed by atoms with Crippen molar-refractivity contribution in [1.29, 1.82) is 0 Å². The summed E-state index contributed by atoms with van der Waals surface area (Å²) in [6.45, 7) is 1.30. The lowest BCUT2D eigenvalue weighted by Crippen LogP contribution is -2.35. The van der Waals surface area contributed by atoms with Crippen molar-refractivity contribution in [2.24, 2.45) is 23.7 Å². The van der Waals surface area contributed by atoms with E-state index >= 15 is 0 Å². The number of halogens is 2. The van der Waals surface area contributed by atoms with E-state index in [0.29, 0.717) is 30.8 Å². The highest BCUT2D eigenvalue weighted by atomic mass is 35.5. The van der Waals surface area contributed by atoms with E-state index in [1.807, 2.05) is 0 Å². The maximum Gasteiger partial charge on any atom is 0.313 e. The van der Waals surface area contributed by atoms with E-state index in [1.165, 1.54) is 6.42 Å². The van der Waals surface area contributed by atoms with E-state index in [9.17, 15) is 9.59 Å². The first-order valence-electron chi connectivity index (χ1n) is 5.93. The van der Waals surface area contributed by atoms with Crippen LogP contribution in [0, 0.1) is 23.7 Å². The maximum absolute atomic E-state index is 10.7. The summed E-state index contributed by atoms with van der Waals surface area (Å²) in [4.78, 5) is 21.4. The number of rotatable bonds is 4. The molecule has 2 saturated carbocycles. The quantitative estimate of drug-likeness (QED) is 0.613. The van der Waals surface area contributed by atoms with E-state index < -0.39 is 10.7 Å². The van der Waals surface area contributed by atoms with Crippen LogP contribution in [0.15, 0.2) is 0 Å². The summed E-state index contributed by atoms with van der Waals surface area (Å²) in [6.07, 6.45) is 3.52. The summed E-state index contributed by atoms with van der Waals surface area (Å²) in [5, 5.41) is 4.37. The highest BCUT2D eigenvalue weighted by Gasteiger charge is 2.45. The number of hydrogen-bond acceptors (Lipinski definition) is 2. The van der Waals surface area contributed by atoms with Crippen molar-refractivity contribution >= 4 is 33.9 Å². The summed E-state index contributed by atoms with van der Waals surface area (Å²) in [7, 11) is 0. The smallest absolute Gasteiger partial charge is 0.313 e. The topological polar surface area (TPSA) is 58.2 Å². The molecule has 0 aliphatic heterocycles. The molecule has 2 rings (SSSR count). The fourth-order valence-corrected chi connectivity index (χ4v) is 3.70. The van der Waals surface area contributed by atoms with Crippen LogP contribution in [0.5, 0.6) is 0 Å². The van der Waals surface area contributed by atoms with Crippen LogP contribution in [0.2, 0.25) is 0 Å². The third-order valence-corrected chi connectivity index (χ3v) is 4.36. The van der Waals surface area contributed by atoms with Gasteiger partial charge in [0.2, 0.25) is 0 Å². The Morgan fingerprint density at radius 1 is 0.941 bits per heavy atom. The molecule has 0 saturated heterocycles. The van der Waals surface area contributed by atoms with Gasteiger partial charge in [-0.1, -0.05) is 0 Å². The van der Waals surface area contributed by atoms with Gasteiger partial charge in [0.05, 0.1) is 0 Å². The lowest BCUT2D eigenvalue weighted by atomic mass is 9.80. The third kappa shape index (κ3) is 3.26. The molecule has 4 nitrogen and oxygen atoms in total. The summed E-state index contributed by atoms with van der Waals surface area (Å²) < 4.78 is 0. The molecule has 2 amide bonds. The monoisotopic (exact) mass is 278 g/mol. The number of nitrogens with one attached hydrogen (secondary N) is 2. The van der Waals surface area contributed by atoms with Gasteiger partial charge in [-0.25, -0.2) is 0 Å². The summed E-state index contributed by atoms with van der Waals surface area (Å²) in [6, 6.07) is 0. The molecular formula is C11H16Cl2N2O2. The van der Waals surface area contributed by atoms with Gasteiger partial charge in [0, 0.05) is 13.1 Å². The average molecular weight is 279 g/mol. The van der Waals surface area contributed by atoms with Crippen molar-refractivity contribution in [1.82, 2.24) is 10.6 Å². The molecular weight excluding hydrogens is 263 g/mol. The van der Waals surface area contributed by atoms with Gasteiger partial charge in [0.25, 0.3) is 0 Å². The predicted octanol–water partition coefficient (Wildman–Crippen LogP) is 2.55. The minimum Gasteiger partial charge on any atom is -0.342 e. The van der Waals surface area contributed by atoms with E-state index in [-0.39, 0.29) is 0 Å². The van der Waals surface area contributed by atoms with E-state index in [0.717, 1.165) is 18.8 Å². The summed E-state index contributed by atoms with van der Waals surface area (Å²) in [5.74, 6) is 2.30. The Morgan fingerprint density at radius 2 is 1.41 bits per heavy atom. The highest BCUT2D eigenvalue weighted by Crippen LogP contribution is 2.51. The Kier molecular flexibility index (Phi) is 4.15. The van der Waals surface area contributed by atoms with Gasteiger partial charge in [-0.3, -0.25) is 9.59 Å². The minimum absolute atomic E-state index is 0.488. The lowest BCUT2D eigenvalue weighted by Gasteiger charge is -2.29. The van der Waals surface area contributed by atoms with Crippen molar-refractivity contribution in [2.75, 3.05) is 13.1 Å². The number of carbonyl (C=O) groups excluding carboxylic acids is 2. The van der Waals surface area contributed by atoms with Crippen LogP contribution >= 0.6 is 23.2 Å². The van der Waals surface area contributed by atoms with Gasteiger partial charge in [-0.2, -0.15) is 0 Å². The van der Waals surface area contributed by atoms with Crippen LogP contribution in [0.3, 0.4) is 0 Å². The lowest BCUT2D eigenvalue weighted by molar-refractivity contribution is 0.220. The molecule has 96 valence electrons. The number of amides is 2. The molecule has 0 radical (unpaired) electrons. The molecule has 17 heavy (non-hydrogen) atoms. The Balaban J connectivity index is 1.82. The van der Waals surface area contributed by atoms with Gasteiger partial charge >= 0.3 is 10.7 Å². The first-order valence-corrected chi connectivity index (χ1v) is 6.68. The molecule has 0 aromatic rings. The maximum atomic E-state index is 10.7. The van der Waals surface area contributed by atoms with Gasteiger partial charge in [0.1, 0.15) is 0 Å². The van der Waals surface area contributed by atoms with Gasteiger partial charge in [-0.15, -0.1) is 0 Å². The van der Waals surface area contributed by atoms with Crippen molar-refractivity contribution < 1.29 is 9.59 Å². The van der Waals surface area contributed by atoms with Crippen molar-refractivity contribution in [3.63, 3.8) is 0 Å². The average Bonchev–Trinajstić information content (AvgIpc) is 2.82. The summed E-state index contributed by atoms with van der Waals surface area (Å²) >= 11 is 10.5. The Hall–Kier alpha value is -0.480. The van der Waals surface area contributed by atoms with Crippen LogP contribution in [0.1, 0.15) is 19.3 Å². The standard InChI is InChI=1S/C11H16Cl2N2O2/c12-10(16)14-4-7-1-6-2-8(9(7)3-6)5-15-11(13)17/h6-9H,1-5H2,(H,14,16)(H,15,17). The third-order valence-electron chi connectivity index (χ3n) is 4.10. The normalized spacial score (nSPS) is 34.7. The molecule has 0 aromatic heterocycles. The Morgan fingerprint density at radius 3 is 1.76 bits per heavy atom. The molecule has 0 heterocycles. The van der Waals surface area contributed by atoms with Crippen LogP contribution in [-0.2, 0) is 0 Å². The van der Waals surface area contributed by atoms with Crippen LogP contribution in [0.25, 0.3) is 0 Å². The molecule has 2 aliphatic rings. The minimum atomic E-state index is -0.488. The molecule has 2 N–H and O–H groups in total. The van der Waals surface area contributed by atoms with E-state index in [4.69, 9.17) is 23.2 Å². The number of fused-ring (bicyclic) bond motifs is 2. The van der Waals surface area contributed by atoms with E-state index in [2.05, 4.69) is 10.6 Å².